The van der Waals surface area contributed by atoms with Gasteiger partial charge in [-0.2, -0.15) is 0 Å². The Labute approximate surface area is 130 Å². The highest BCUT2D eigenvalue weighted by Gasteiger charge is 2.23. The number of carbonyl (C=O) groups is 1. The first-order chi connectivity index (χ1) is 10.2. The summed E-state index contributed by atoms with van der Waals surface area (Å²) in [5.41, 5.74) is 1.12. The molecular weight excluding hydrogens is 290 g/mol. The maximum atomic E-state index is 11.7. The van der Waals surface area contributed by atoms with Crippen LogP contribution in [0.25, 0.3) is 0 Å². The first kappa shape index (κ1) is 16.2. The predicted octanol–water partition coefficient (Wildman–Crippen LogP) is 1.05. The van der Waals surface area contributed by atoms with E-state index < -0.39 is 0 Å². The minimum atomic E-state index is -0.00205. The third kappa shape index (κ3) is 4.97. The van der Waals surface area contributed by atoms with Gasteiger partial charge in [0.05, 0.1) is 25.8 Å². The molecule has 2 rings (SSSR count). The molecule has 0 aliphatic carbocycles. The van der Waals surface area contributed by atoms with Gasteiger partial charge in [0.1, 0.15) is 0 Å². The summed E-state index contributed by atoms with van der Waals surface area (Å²) in [4.78, 5) is 14.0. The molecule has 1 unspecified atom stereocenters. The van der Waals surface area contributed by atoms with Gasteiger partial charge in [-0.3, -0.25) is 9.69 Å². The fourth-order valence-corrected chi connectivity index (χ4v) is 2.69. The molecule has 0 radical (unpaired) electrons. The van der Waals surface area contributed by atoms with Gasteiger partial charge in [-0.05, 0) is 24.7 Å². The van der Waals surface area contributed by atoms with Gasteiger partial charge in [-0.15, -0.1) is 0 Å². The summed E-state index contributed by atoms with van der Waals surface area (Å²) < 4.78 is 5.41. The Morgan fingerprint density at radius 1 is 1.43 bits per heavy atom. The van der Waals surface area contributed by atoms with Crippen molar-refractivity contribution in [3.05, 3.63) is 34.9 Å². The van der Waals surface area contributed by atoms with Crippen molar-refractivity contribution in [1.29, 1.82) is 0 Å². The molecule has 0 saturated carbocycles. The highest BCUT2D eigenvalue weighted by molar-refractivity contribution is 6.30. The summed E-state index contributed by atoms with van der Waals surface area (Å²) >= 11 is 6.10. The Kier molecular flexibility index (Phi) is 6.45. The van der Waals surface area contributed by atoms with Crippen LogP contribution in [0.3, 0.4) is 0 Å². The molecule has 0 bridgehead atoms. The summed E-state index contributed by atoms with van der Waals surface area (Å²) in [5.74, 6) is -0.00205. The van der Waals surface area contributed by atoms with Crippen LogP contribution < -0.4 is 10.6 Å². The number of likely N-dealkylation sites (N-methyl/N-ethyl adjacent to an activating group) is 1. The minimum Gasteiger partial charge on any atom is -0.379 e. The number of carbonyl (C=O) groups excluding carboxylic acids is 1. The van der Waals surface area contributed by atoms with Crippen molar-refractivity contribution >= 4 is 17.5 Å². The fourth-order valence-electron chi connectivity index (χ4n) is 2.49. The van der Waals surface area contributed by atoms with Gasteiger partial charge in [0.25, 0.3) is 0 Å². The van der Waals surface area contributed by atoms with Crippen LogP contribution in [0.15, 0.2) is 24.3 Å². The molecule has 1 aromatic rings. The van der Waals surface area contributed by atoms with E-state index in [-0.39, 0.29) is 11.9 Å². The van der Waals surface area contributed by atoms with Crippen molar-refractivity contribution in [1.82, 2.24) is 15.5 Å². The lowest BCUT2D eigenvalue weighted by Gasteiger charge is -2.35. The van der Waals surface area contributed by atoms with Crippen molar-refractivity contribution in [2.75, 3.05) is 46.4 Å². The lowest BCUT2D eigenvalue weighted by Crippen LogP contribution is -2.44. The van der Waals surface area contributed by atoms with Crippen LogP contribution in [0, 0.1) is 0 Å². The molecule has 1 aromatic carbocycles. The van der Waals surface area contributed by atoms with Crippen molar-refractivity contribution in [3.63, 3.8) is 0 Å². The molecule has 2 N–H and O–H groups in total. The van der Waals surface area contributed by atoms with Crippen LogP contribution in [0.2, 0.25) is 5.02 Å². The number of ether oxygens (including phenoxy) is 1. The lowest BCUT2D eigenvalue weighted by atomic mass is 10.0. The molecular formula is C15H22ClN3O2. The third-order valence-electron chi connectivity index (χ3n) is 3.55. The van der Waals surface area contributed by atoms with Crippen LogP contribution in [0.5, 0.6) is 0 Å². The molecule has 1 atom stereocenters. The smallest absolute Gasteiger partial charge is 0.234 e. The molecule has 5 nitrogen and oxygen atoms in total. The lowest BCUT2D eigenvalue weighted by molar-refractivity contribution is -0.120. The predicted molar refractivity (Wildman–Crippen MR) is 83.5 cm³/mol. The fraction of sp³-hybridized carbons (Fsp3) is 0.533. The number of hydrogen-bond acceptors (Lipinski definition) is 4. The largest absolute Gasteiger partial charge is 0.379 e. The van der Waals surface area contributed by atoms with Crippen LogP contribution in [-0.2, 0) is 9.53 Å². The maximum absolute atomic E-state index is 11.7. The van der Waals surface area contributed by atoms with E-state index in [2.05, 4.69) is 21.6 Å². The van der Waals surface area contributed by atoms with Crippen molar-refractivity contribution in [2.45, 2.75) is 6.04 Å². The van der Waals surface area contributed by atoms with E-state index in [1.807, 2.05) is 18.2 Å². The van der Waals surface area contributed by atoms with E-state index >= 15 is 0 Å². The number of rotatable bonds is 6. The monoisotopic (exact) mass is 311 g/mol. The second kappa shape index (κ2) is 8.34. The number of nitrogens with zero attached hydrogens (tertiary/aromatic N) is 1. The molecule has 6 heteroatoms. The maximum Gasteiger partial charge on any atom is 0.234 e. The molecule has 1 heterocycles. The van der Waals surface area contributed by atoms with Crippen molar-refractivity contribution in [2.24, 2.45) is 0 Å². The van der Waals surface area contributed by atoms with E-state index in [0.717, 1.165) is 31.9 Å². The van der Waals surface area contributed by atoms with Gasteiger partial charge < -0.3 is 15.4 Å². The van der Waals surface area contributed by atoms with E-state index in [1.165, 1.54) is 0 Å². The van der Waals surface area contributed by atoms with Crippen molar-refractivity contribution in [3.8, 4) is 0 Å². The highest BCUT2D eigenvalue weighted by Crippen LogP contribution is 2.23. The number of hydrogen-bond donors (Lipinski definition) is 2. The SMILES string of the molecule is CNCC(=O)NCC(c1cccc(Cl)c1)N1CCOCC1. The number of benzene rings is 1. The zero-order valence-electron chi connectivity index (χ0n) is 12.3. The normalized spacial score (nSPS) is 17.4. The van der Waals surface area contributed by atoms with Gasteiger partial charge in [0.15, 0.2) is 0 Å². The van der Waals surface area contributed by atoms with Crippen LogP contribution in [-0.4, -0.2) is 57.2 Å². The molecule has 0 aromatic heterocycles. The minimum absolute atomic E-state index is 0.00205. The van der Waals surface area contributed by atoms with Gasteiger partial charge in [-0.25, -0.2) is 0 Å². The molecule has 0 spiro atoms. The second-order valence-corrected chi connectivity index (χ2v) is 5.49. The van der Waals surface area contributed by atoms with Gasteiger partial charge in [0.2, 0.25) is 5.91 Å². The van der Waals surface area contributed by atoms with Gasteiger partial charge in [0, 0.05) is 24.7 Å². The Bertz CT molecular complexity index is 464. The summed E-state index contributed by atoms with van der Waals surface area (Å²) in [7, 11) is 1.76. The Morgan fingerprint density at radius 3 is 2.86 bits per heavy atom. The molecule has 1 fully saturated rings. The van der Waals surface area contributed by atoms with E-state index in [4.69, 9.17) is 16.3 Å². The summed E-state index contributed by atoms with van der Waals surface area (Å²) in [6.07, 6.45) is 0. The van der Waals surface area contributed by atoms with E-state index in [9.17, 15) is 4.79 Å². The van der Waals surface area contributed by atoms with Crippen LogP contribution in [0.1, 0.15) is 11.6 Å². The first-order valence-electron chi connectivity index (χ1n) is 7.19. The number of amides is 1. The van der Waals surface area contributed by atoms with E-state index in [1.54, 1.807) is 7.05 Å². The zero-order chi connectivity index (χ0) is 15.1. The Balaban J connectivity index is 2.07. The van der Waals surface area contributed by atoms with Gasteiger partial charge >= 0.3 is 0 Å². The summed E-state index contributed by atoms with van der Waals surface area (Å²) in [5, 5.41) is 6.54. The zero-order valence-corrected chi connectivity index (χ0v) is 13.0. The van der Waals surface area contributed by atoms with Crippen LogP contribution in [0.4, 0.5) is 0 Å². The topological polar surface area (TPSA) is 53.6 Å². The quantitative estimate of drug-likeness (QED) is 0.824. The Morgan fingerprint density at radius 2 is 2.19 bits per heavy atom. The number of morpholine rings is 1. The van der Waals surface area contributed by atoms with E-state index in [0.29, 0.717) is 18.1 Å². The molecule has 1 aliphatic heterocycles. The van der Waals surface area contributed by atoms with Crippen molar-refractivity contribution < 1.29 is 9.53 Å². The highest BCUT2D eigenvalue weighted by atomic mass is 35.5. The first-order valence-corrected chi connectivity index (χ1v) is 7.57. The van der Waals surface area contributed by atoms with Crippen LogP contribution >= 0.6 is 11.6 Å². The molecule has 1 aliphatic rings. The summed E-state index contributed by atoms with van der Waals surface area (Å²) in [6.45, 7) is 4.06. The second-order valence-electron chi connectivity index (χ2n) is 5.05. The number of halogens is 1. The number of nitrogens with one attached hydrogen (secondary N) is 2. The molecule has 116 valence electrons. The molecule has 1 saturated heterocycles. The van der Waals surface area contributed by atoms with Gasteiger partial charge in [-0.1, -0.05) is 23.7 Å². The Hall–Kier alpha value is -1.14. The average Bonchev–Trinajstić information content (AvgIpc) is 2.49. The standard InChI is InChI=1S/C15H22ClN3O2/c1-17-11-15(20)18-10-14(19-5-7-21-8-6-19)12-3-2-4-13(16)9-12/h2-4,9,14,17H,5-8,10-11H2,1H3,(H,18,20). The summed E-state index contributed by atoms with van der Waals surface area (Å²) in [6, 6.07) is 7.94. The average molecular weight is 312 g/mol. The molecule has 1 amide bonds. The third-order valence-corrected chi connectivity index (χ3v) is 3.78. The molecule has 21 heavy (non-hydrogen) atoms.